The molecule has 0 spiro atoms. The van der Waals surface area contributed by atoms with Gasteiger partial charge in [0.15, 0.2) is 10.1 Å². The van der Waals surface area contributed by atoms with Gasteiger partial charge in [0.2, 0.25) is 5.91 Å². The summed E-state index contributed by atoms with van der Waals surface area (Å²) in [5.74, 6) is -8.63. The summed E-state index contributed by atoms with van der Waals surface area (Å²) in [5, 5.41) is -3.92. The number of hydrogen-bond acceptors (Lipinski definition) is 7. The van der Waals surface area contributed by atoms with Crippen LogP contribution in [0.25, 0.3) is 0 Å². The highest BCUT2D eigenvalue weighted by molar-refractivity contribution is 14.1. The van der Waals surface area contributed by atoms with Gasteiger partial charge in [0.25, 0.3) is 12.0 Å². The maximum atomic E-state index is 13.8. The quantitative estimate of drug-likeness (QED) is 0.0877. The third kappa shape index (κ3) is 5.82. The first kappa shape index (κ1) is 29.9. The molecule has 0 aliphatic heterocycles. The van der Waals surface area contributed by atoms with Crippen LogP contribution in [-0.4, -0.2) is 48.3 Å². The number of benzene rings is 1. The lowest BCUT2D eigenvalue weighted by Gasteiger charge is -2.32. The van der Waals surface area contributed by atoms with Crippen LogP contribution in [0.15, 0.2) is 24.3 Å². The first-order valence-corrected chi connectivity index (χ1v) is 14.3. The predicted molar refractivity (Wildman–Crippen MR) is 135 cm³/mol. The zero-order valence-electron chi connectivity index (χ0n) is 17.2. The van der Waals surface area contributed by atoms with Crippen molar-refractivity contribution in [1.29, 1.82) is 0 Å². The average molecular weight is 874 g/mol. The van der Waals surface area contributed by atoms with E-state index in [0.717, 1.165) is 0 Å². The Morgan fingerprint density at radius 2 is 1.58 bits per heavy atom. The second kappa shape index (κ2) is 10.5. The van der Waals surface area contributed by atoms with Gasteiger partial charge in [-0.3, -0.25) is 19.7 Å². The molecule has 198 valence electrons. The van der Waals surface area contributed by atoms with Gasteiger partial charge in [0.1, 0.15) is 0 Å². The molecule has 8 nitrogen and oxygen atoms in total. The van der Waals surface area contributed by atoms with Crippen LogP contribution in [0.5, 0.6) is 0 Å². The predicted octanol–water partition coefficient (Wildman–Crippen LogP) is 3.81. The number of carbonyl (C=O) groups is 3. The Labute approximate surface area is 241 Å². The average Bonchev–Trinajstić information content (AvgIpc) is 3.34. The summed E-state index contributed by atoms with van der Waals surface area (Å²) < 4.78 is 105. The summed E-state index contributed by atoms with van der Waals surface area (Å²) in [7, 11) is -6.87. The molecule has 0 heterocycles. The molecule has 2 bridgehead atoms. The largest absolute Gasteiger partial charge is 0.743 e. The third-order valence-corrected chi connectivity index (χ3v) is 10.2. The van der Waals surface area contributed by atoms with Crippen molar-refractivity contribution in [2.24, 2.45) is 23.7 Å². The molecule has 2 aliphatic carbocycles. The Bertz CT molecular complexity index is 1250. The first-order valence-electron chi connectivity index (χ1n) is 9.64. The van der Waals surface area contributed by atoms with Crippen molar-refractivity contribution in [2.45, 2.75) is 24.0 Å². The van der Waals surface area contributed by atoms with Gasteiger partial charge in [-0.1, -0.05) is 12.2 Å². The maximum absolute atomic E-state index is 13.8. The van der Waals surface area contributed by atoms with Crippen molar-refractivity contribution in [3.8, 4) is 0 Å². The van der Waals surface area contributed by atoms with Crippen molar-refractivity contribution in [1.82, 2.24) is 5.32 Å². The molecule has 36 heavy (non-hydrogen) atoms. The smallest absolute Gasteiger partial charge is 0.432 e. The normalized spacial score (nSPS) is 24.5. The molecule has 1 fully saturated rings. The van der Waals surface area contributed by atoms with E-state index in [1.807, 2.05) is 67.8 Å². The van der Waals surface area contributed by atoms with Gasteiger partial charge < -0.3 is 9.29 Å². The number of allylic oxidation sites excluding steroid dienone is 2. The van der Waals surface area contributed by atoms with E-state index >= 15 is 0 Å². The Morgan fingerprint density at radius 3 is 2.11 bits per heavy atom. The van der Waals surface area contributed by atoms with Crippen molar-refractivity contribution in [2.75, 3.05) is 0 Å². The Morgan fingerprint density at radius 1 is 1.03 bits per heavy atom. The van der Waals surface area contributed by atoms with E-state index in [9.17, 15) is 49.3 Å². The van der Waals surface area contributed by atoms with Crippen LogP contribution in [0.4, 0.5) is 22.0 Å². The molecule has 5 unspecified atom stereocenters. The topological polar surface area (TPSA) is 130 Å². The number of fused-ring (bicyclic) bond motifs is 2. The van der Waals surface area contributed by atoms with E-state index < -0.39 is 69.1 Å². The number of rotatable bonds is 6. The van der Waals surface area contributed by atoms with Gasteiger partial charge in [-0.15, -0.1) is 0 Å². The van der Waals surface area contributed by atoms with Crippen LogP contribution in [0.1, 0.15) is 16.8 Å². The summed E-state index contributed by atoms with van der Waals surface area (Å²) in [4.78, 5) is 38.3. The number of hydrogen-bond donors (Lipinski definition) is 1. The van der Waals surface area contributed by atoms with Crippen molar-refractivity contribution in [3.05, 3.63) is 40.6 Å². The van der Waals surface area contributed by atoms with Gasteiger partial charge in [-0.2, -0.15) is 22.0 Å². The van der Waals surface area contributed by atoms with Crippen molar-refractivity contribution in [3.63, 3.8) is 0 Å². The van der Waals surface area contributed by atoms with E-state index in [0.29, 0.717) is 10.7 Å². The minimum Gasteiger partial charge on any atom is -0.743 e. The zero-order valence-corrected chi connectivity index (χ0v) is 24.5. The molecule has 2 amide bonds. The monoisotopic (exact) mass is 874 g/mol. The van der Waals surface area contributed by atoms with Crippen LogP contribution in [-0.2, 0) is 24.4 Å². The molecule has 3 rings (SSSR count). The van der Waals surface area contributed by atoms with Crippen LogP contribution in [0, 0.1) is 34.4 Å². The number of halogens is 8. The van der Waals surface area contributed by atoms with Crippen LogP contribution in [0.2, 0.25) is 0 Å². The number of amides is 2. The number of carbonyl (C=O) groups excluding carboxylic acids is 3. The number of alkyl halides is 5. The highest BCUT2D eigenvalue weighted by Gasteiger charge is 2.64. The fourth-order valence-electron chi connectivity index (χ4n) is 4.14. The lowest BCUT2D eigenvalue weighted by molar-refractivity contribution is -0.261. The molecular formula is C19H12F5I3NO7S-. The fraction of sp³-hybridized carbons (Fsp3) is 0.421. The fourth-order valence-corrected chi connectivity index (χ4v) is 6.98. The molecule has 1 N–H and O–H groups in total. The second-order valence-electron chi connectivity index (χ2n) is 7.94. The van der Waals surface area contributed by atoms with E-state index in [1.165, 1.54) is 18.2 Å². The summed E-state index contributed by atoms with van der Waals surface area (Å²) in [6.07, 6.45) is -7.73. The first-order chi connectivity index (χ1) is 16.4. The van der Waals surface area contributed by atoms with Crippen molar-refractivity contribution < 1.29 is 54.0 Å². The Hall–Kier alpha value is -0.680. The molecule has 1 aromatic carbocycles. The van der Waals surface area contributed by atoms with Gasteiger partial charge in [0, 0.05) is 10.7 Å². The third-order valence-electron chi connectivity index (χ3n) is 5.68. The molecule has 17 heteroatoms. The number of imide groups is 1. The maximum Gasteiger partial charge on any atom is 0.432 e. The molecular weight excluding hydrogens is 862 g/mol. The Balaban J connectivity index is 1.87. The SMILES string of the molecule is O=C(NC(=O)C1C2C=CC(C2)C1C(=O)OC(C(F)(F)F)C(F)(F)S(=O)(=O)[O-])c1cc(I)cc(I)c1I. The molecule has 0 aromatic heterocycles. The molecule has 0 saturated heterocycles. The van der Waals surface area contributed by atoms with Crippen LogP contribution in [0.3, 0.4) is 0 Å². The van der Waals surface area contributed by atoms with E-state index in [1.54, 1.807) is 6.07 Å². The zero-order chi connectivity index (χ0) is 27.4. The lowest BCUT2D eigenvalue weighted by Crippen LogP contribution is -2.53. The van der Waals surface area contributed by atoms with E-state index in [-0.39, 0.29) is 12.0 Å². The van der Waals surface area contributed by atoms with Crippen LogP contribution < -0.4 is 5.32 Å². The molecule has 5 atom stereocenters. The van der Waals surface area contributed by atoms with Gasteiger partial charge >= 0.3 is 17.4 Å². The van der Waals surface area contributed by atoms with Crippen LogP contribution >= 0.6 is 67.8 Å². The van der Waals surface area contributed by atoms with Gasteiger partial charge in [0.05, 0.1) is 17.4 Å². The summed E-state index contributed by atoms with van der Waals surface area (Å²) in [6.45, 7) is 0. The summed E-state index contributed by atoms with van der Waals surface area (Å²) in [6, 6.07) is 3.25. The highest BCUT2D eigenvalue weighted by Crippen LogP contribution is 2.49. The molecule has 0 radical (unpaired) electrons. The number of nitrogens with one attached hydrogen (secondary N) is 1. The minimum absolute atomic E-state index is 0.0810. The Kier molecular flexibility index (Phi) is 8.69. The standard InChI is InChI=1S/C19H13F5I3NO7S/c20-18(21,22)17(19(23,24)36(32,33)34)35-16(31)12-7-2-1-6(3-7)11(12)15(30)28-14(29)9-4-8(25)5-10(26)13(9)27/h1-2,4-7,11-12,17H,3H2,(H,28,29,30)(H,32,33,34)/p-1. The minimum atomic E-state index is -6.87. The van der Waals surface area contributed by atoms with E-state index in [4.69, 9.17) is 0 Å². The lowest BCUT2D eigenvalue weighted by atomic mass is 9.82. The summed E-state index contributed by atoms with van der Waals surface area (Å²) in [5.41, 5.74) is 0.121. The van der Waals surface area contributed by atoms with Crippen molar-refractivity contribution >= 4 is 95.7 Å². The number of esters is 1. The highest BCUT2D eigenvalue weighted by atomic mass is 127. The molecule has 1 saturated carbocycles. The molecule has 2 aliphatic rings. The van der Waals surface area contributed by atoms with Gasteiger partial charge in [-0.25, -0.2) is 8.42 Å². The summed E-state index contributed by atoms with van der Waals surface area (Å²) >= 11 is 5.80. The van der Waals surface area contributed by atoms with Gasteiger partial charge in [-0.05, 0) is 98.2 Å². The molecule has 1 aromatic rings. The van der Waals surface area contributed by atoms with E-state index in [2.05, 4.69) is 10.1 Å². The number of ether oxygens (including phenoxy) is 1. The second-order valence-corrected chi connectivity index (χ2v) is 12.9.